The maximum absolute atomic E-state index is 12.8. The number of carbonyl (C=O) groups is 4. The van der Waals surface area contributed by atoms with Gasteiger partial charge in [-0.1, -0.05) is 141 Å². The average molecular weight is 902 g/mol. The maximum Gasteiger partial charge on any atom is 0.472 e. The molecule has 0 heterocycles. The summed E-state index contributed by atoms with van der Waals surface area (Å²) in [5.41, 5.74) is 0. The van der Waals surface area contributed by atoms with Gasteiger partial charge in [0.2, 0.25) is 5.91 Å². The van der Waals surface area contributed by atoms with Gasteiger partial charge in [-0.3, -0.25) is 28.2 Å². The second-order valence-electron chi connectivity index (χ2n) is 16.1. The van der Waals surface area contributed by atoms with Crippen LogP contribution in [0.4, 0.5) is 0 Å². The number of ether oxygens (including phenoxy) is 4. The van der Waals surface area contributed by atoms with Crippen LogP contribution in [0.15, 0.2) is 24.3 Å². The van der Waals surface area contributed by atoms with Gasteiger partial charge in [0.05, 0.1) is 26.2 Å². The highest BCUT2D eigenvalue weighted by Gasteiger charge is 2.26. The minimum absolute atomic E-state index is 0.0922. The third-order valence-electron chi connectivity index (χ3n) is 10.2. The zero-order valence-corrected chi connectivity index (χ0v) is 40.1. The molecule has 0 bridgehead atoms. The smallest absolute Gasteiger partial charge is 0.463 e. The number of nitrogens with one attached hydrogen (secondary N) is 1. The molecule has 2 atom stereocenters. The van der Waals surface area contributed by atoms with Crippen LogP contribution >= 0.6 is 7.82 Å². The SMILES string of the molecule is CCCCCCCC/C=C/CCCCCCCC(=O)OCC(COP(=O)(O)OCCNC(=O)CCC(=O)OCCOC)OC(=O)CCCCCCC/C=C/CCCCCCCC. The van der Waals surface area contributed by atoms with Crippen molar-refractivity contribution in [3.8, 4) is 0 Å². The van der Waals surface area contributed by atoms with Crippen LogP contribution < -0.4 is 5.32 Å². The fourth-order valence-electron chi connectivity index (χ4n) is 6.48. The van der Waals surface area contributed by atoms with Crippen molar-refractivity contribution in [3.63, 3.8) is 0 Å². The predicted octanol–water partition coefficient (Wildman–Crippen LogP) is 11.7. The van der Waals surface area contributed by atoms with Crippen LogP contribution in [0.3, 0.4) is 0 Å². The van der Waals surface area contributed by atoms with E-state index in [1.165, 1.54) is 84.2 Å². The minimum Gasteiger partial charge on any atom is -0.463 e. The van der Waals surface area contributed by atoms with Crippen LogP contribution in [-0.4, -0.2) is 81.5 Å². The summed E-state index contributed by atoms with van der Waals surface area (Å²) in [7, 11) is -3.14. The Labute approximate surface area is 376 Å². The highest BCUT2D eigenvalue weighted by molar-refractivity contribution is 7.47. The number of rotatable bonds is 46. The number of methoxy groups -OCH3 is 1. The summed E-state index contributed by atoms with van der Waals surface area (Å²) >= 11 is 0. The van der Waals surface area contributed by atoms with Gasteiger partial charge in [-0.2, -0.15) is 0 Å². The summed E-state index contributed by atoms with van der Waals surface area (Å²) in [4.78, 5) is 59.2. The van der Waals surface area contributed by atoms with E-state index in [4.69, 9.17) is 28.0 Å². The van der Waals surface area contributed by atoms with Crippen molar-refractivity contribution in [2.45, 2.75) is 213 Å². The van der Waals surface area contributed by atoms with E-state index in [1.807, 2.05) is 0 Å². The molecule has 0 saturated carbocycles. The van der Waals surface area contributed by atoms with E-state index < -0.39 is 44.3 Å². The van der Waals surface area contributed by atoms with Crippen LogP contribution in [0.25, 0.3) is 0 Å². The van der Waals surface area contributed by atoms with Crippen molar-refractivity contribution >= 4 is 31.6 Å². The van der Waals surface area contributed by atoms with Gasteiger partial charge in [-0.05, 0) is 64.2 Å². The van der Waals surface area contributed by atoms with E-state index in [2.05, 4.69) is 43.5 Å². The first-order valence-electron chi connectivity index (χ1n) is 24.3. The van der Waals surface area contributed by atoms with Crippen LogP contribution in [0.2, 0.25) is 0 Å². The third-order valence-corrected chi connectivity index (χ3v) is 11.2. The molecular formula is C48H88NO12P. The van der Waals surface area contributed by atoms with Crippen molar-refractivity contribution in [3.05, 3.63) is 24.3 Å². The monoisotopic (exact) mass is 902 g/mol. The van der Waals surface area contributed by atoms with E-state index in [0.717, 1.165) is 77.0 Å². The Morgan fingerprint density at radius 2 is 0.968 bits per heavy atom. The van der Waals surface area contributed by atoms with Crippen LogP contribution in [0, 0.1) is 0 Å². The zero-order chi connectivity index (χ0) is 45.6. The lowest BCUT2D eigenvalue weighted by molar-refractivity contribution is -0.161. The molecule has 2 N–H and O–H groups in total. The topological polar surface area (TPSA) is 173 Å². The first-order valence-corrected chi connectivity index (χ1v) is 25.8. The second kappa shape index (κ2) is 45.0. The molecule has 0 aromatic carbocycles. The normalized spacial score (nSPS) is 13.0. The quantitative estimate of drug-likeness (QED) is 0.0195. The molecule has 0 aliphatic carbocycles. The van der Waals surface area contributed by atoms with Gasteiger partial charge < -0.3 is 29.2 Å². The molecule has 62 heavy (non-hydrogen) atoms. The summed E-state index contributed by atoms with van der Waals surface area (Å²) in [6.45, 7) is 3.48. The fourth-order valence-corrected chi connectivity index (χ4v) is 7.23. The third kappa shape index (κ3) is 44.1. The lowest BCUT2D eigenvalue weighted by Gasteiger charge is -2.20. The molecule has 0 fully saturated rings. The van der Waals surface area contributed by atoms with Gasteiger partial charge in [0, 0.05) is 32.9 Å². The first-order chi connectivity index (χ1) is 30.1. The lowest BCUT2D eigenvalue weighted by Crippen LogP contribution is -2.30. The number of carbonyl (C=O) groups excluding carboxylic acids is 4. The van der Waals surface area contributed by atoms with E-state index >= 15 is 0 Å². The van der Waals surface area contributed by atoms with Gasteiger partial charge >= 0.3 is 25.7 Å². The summed E-state index contributed by atoms with van der Waals surface area (Å²) in [5.74, 6) is -1.96. The highest BCUT2D eigenvalue weighted by atomic mass is 31.2. The number of esters is 3. The molecule has 0 rings (SSSR count). The van der Waals surface area contributed by atoms with E-state index in [9.17, 15) is 28.6 Å². The molecule has 0 radical (unpaired) electrons. The lowest BCUT2D eigenvalue weighted by atomic mass is 10.1. The number of phosphoric acid groups is 1. The van der Waals surface area contributed by atoms with Crippen molar-refractivity contribution in [1.29, 1.82) is 0 Å². The van der Waals surface area contributed by atoms with Gasteiger partial charge in [-0.15, -0.1) is 0 Å². The van der Waals surface area contributed by atoms with Crippen molar-refractivity contribution in [2.24, 2.45) is 0 Å². The summed E-state index contributed by atoms with van der Waals surface area (Å²) in [6.07, 6.45) is 37.9. The number of hydrogen-bond donors (Lipinski definition) is 2. The van der Waals surface area contributed by atoms with Gasteiger partial charge in [0.25, 0.3) is 0 Å². The fraction of sp³-hybridized carbons (Fsp3) is 0.833. The van der Waals surface area contributed by atoms with Gasteiger partial charge in [0.1, 0.15) is 13.2 Å². The molecule has 0 aromatic heterocycles. The Morgan fingerprint density at radius 1 is 0.516 bits per heavy atom. The molecule has 13 nitrogen and oxygen atoms in total. The van der Waals surface area contributed by atoms with E-state index in [0.29, 0.717) is 12.8 Å². The van der Waals surface area contributed by atoms with Crippen LogP contribution in [0.5, 0.6) is 0 Å². The van der Waals surface area contributed by atoms with Crippen LogP contribution in [0.1, 0.15) is 206 Å². The van der Waals surface area contributed by atoms with Crippen molar-refractivity contribution < 1.29 is 56.6 Å². The van der Waals surface area contributed by atoms with Gasteiger partial charge in [-0.25, -0.2) is 4.57 Å². The number of unbranched alkanes of at least 4 members (excludes halogenated alkanes) is 22. The van der Waals surface area contributed by atoms with Crippen molar-refractivity contribution in [2.75, 3.05) is 46.7 Å². The van der Waals surface area contributed by atoms with E-state index in [1.54, 1.807) is 0 Å². The Hall–Kier alpha value is -2.57. The molecule has 362 valence electrons. The predicted molar refractivity (Wildman–Crippen MR) is 247 cm³/mol. The molecule has 14 heteroatoms. The van der Waals surface area contributed by atoms with Crippen LogP contribution in [-0.2, 0) is 51.7 Å². The largest absolute Gasteiger partial charge is 0.472 e. The molecule has 0 aromatic rings. The minimum atomic E-state index is -4.62. The molecule has 1 amide bonds. The number of hydrogen-bond acceptors (Lipinski definition) is 11. The Bertz CT molecular complexity index is 1200. The first kappa shape index (κ1) is 59.4. The molecular weight excluding hydrogens is 813 g/mol. The molecule has 0 aliphatic rings. The molecule has 0 aliphatic heterocycles. The van der Waals surface area contributed by atoms with E-state index in [-0.39, 0.29) is 58.7 Å². The summed E-state index contributed by atoms with van der Waals surface area (Å²) in [6, 6.07) is 0. The number of amides is 1. The standard InChI is InChI=1S/C48H88NO12P/c1-4-6-8-10-12-14-16-18-20-22-24-26-28-30-32-34-46(51)58-42-44(43-60-62(54,55)59-39-38-49-45(50)36-37-47(52)57-41-40-56-3)61-48(53)35-33-31-29-27-25-23-21-19-17-15-13-11-9-7-5-2/h18-21,44H,4-17,22-43H2,1-3H3,(H,49,50)(H,54,55)/b20-18+,21-19+. The molecule has 2 unspecified atom stereocenters. The zero-order valence-electron chi connectivity index (χ0n) is 39.2. The Morgan fingerprint density at radius 3 is 1.47 bits per heavy atom. The van der Waals surface area contributed by atoms with Gasteiger partial charge in [0.15, 0.2) is 6.10 Å². The average Bonchev–Trinajstić information content (AvgIpc) is 3.25. The number of allylic oxidation sites excluding steroid dienone is 4. The summed E-state index contributed by atoms with van der Waals surface area (Å²) in [5, 5.41) is 2.49. The second-order valence-corrected chi connectivity index (χ2v) is 17.6. The maximum atomic E-state index is 12.8. The van der Waals surface area contributed by atoms with Crippen molar-refractivity contribution in [1.82, 2.24) is 5.32 Å². The molecule has 0 spiro atoms. The molecule has 0 saturated heterocycles. The summed E-state index contributed by atoms with van der Waals surface area (Å²) < 4.78 is 43.3. The Kier molecular flexibility index (Phi) is 43.1. The number of phosphoric ester groups is 1. The Balaban J connectivity index is 4.60. The highest BCUT2D eigenvalue weighted by Crippen LogP contribution is 2.43.